The van der Waals surface area contributed by atoms with Crippen molar-refractivity contribution < 1.29 is 4.79 Å². The molecule has 0 saturated heterocycles. The van der Waals surface area contributed by atoms with Crippen LogP contribution in [0, 0.1) is 13.8 Å². The van der Waals surface area contributed by atoms with Crippen LogP contribution < -0.4 is 5.32 Å². The summed E-state index contributed by atoms with van der Waals surface area (Å²) in [5.41, 5.74) is 2.64. The highest BCUT2D eigenvalue weighted by molar-refractivity contribution is 5.92. The maximum Gasteiger partial charge on any atom is 0.268 e. The second-order valence-electron chi connectivity index (χ2n) is 4.08. The summed E-state index contributed by atoms with van der Waals surface area (Å²) in [5.74, 6) is 0.687. The van der Waals surface area contributed by atoms with Crippen molar-refractivity contribution in [2.24, 2.45) is 7.05 Å². The van der Waals surface area contributed by atoms with Crippen LogP contribution in [-0.2, 0) is 13.6 Å². The molecule has 2 aromatic rings. The molecule has 0 aliphatic carbocycles. The summed E-state index contributed by atoms with van der Waals surface area (Å²) >= 11 is 0. The van der Waals surface area contributed by atoms with E-state index in [0.29, 0.717) is 12.2 Å². The normalized spacial score (nSPS) is 10.5. The van der Waals surface area contributed by atoms with Gasteiger partial charge in [0.15, 0.2) is 0 Å². The number of H-pyrrole nitrogens is 1. The van der Waals surface area contributed by atoms with Gasteiger partial charge in [0.05, 0.1) is 12.2 Å². The first-order valence-electron chi connectivity index (χ1n) is 5.49. The van der Waals surface area contributed by atoms with E-state index in [1.54, 1.807) is 10.6 Å². The molecule has 2 N–H and O–H groups in total. The lowest BCUT2D eigenvalue weighted by atomic mass is 10.4. The van der Waals surface area contributed by atoms with Crippen LogP contribution in [0.15, 0.2) is 18.3 Å². The zero-order valence-corrected chi connectivity index (χ0v) is 10.2. The predicted octanol–water partition coefficient (Wildman–Crippen LogP) is 1.30. The van der Waals surface area contributed by atoms with E-state index in [4.69, 9.17) is 0 Å². The molecule has 0 aromatic carbocycles. The Morgan fingerprint density at radius 2 is 2.29 bits per heavy atom. The van der Waals surface area contributed by atoms with Crippen LogP contribution in [0.25, 0.3) is 0 Å². The molecule has 0 spiro atoms. The third kappa shape index (κ3) is 2.38. The Morgan fingerprint density at radius 3 is 2.82 bits per heavy atom. The maximum atomic E-state index is 11.8. The van der Waals surface area contributed by atoms with E-state index in [0.717, 1.165) is 17.2 Å². The van der Waals surface area contributed by atoms with Crippen molar-refractivity contribution in [1.29, 1.82) is 0 Å². The highest BCUT2D eigenvalue weighted by Gasteiger charge is 2.09. The number of rotatable bonds is 3. The van der Waals surface area contributed by atoms with Gasteiger partial charge in [-0.15, -0.1) is 0 Å². The number of aryl methyl sites for hydroxylation is 3. The smallest absolute Gasteiger partial charge is 0.268 e. The molecule has 0 unspecified atom stereocenters. The lowest BCUT2D eigenvalue weighted by molar-refractivity contribution is 0.0942. The lowest BCUT2D eigenvalue weighted by Gasteiger charge is -2.04. The monoisotopic (exact) mass is 232 g/mol. The molecule has 90 valence electrons. The van der Waals surface area contributed by atoms with Crippen molar-refractivity contribution in [3.63, 3.8) is 0 Å². The molecule has 5 nitrogen and oxygen atoms in total. The Kier molecular flexibility index (Phi) is 2.99. The fourth-order valence-corrected chi connectivity index (χ4v) is 1.66. The van der Waals surface area contributed by atoms with E-state index in [2.05, 4.69) is 15.3 Å². The van der Waals surface area contributed by atoms with Gasteiger partial charge in [-0.1, -0.05) is 0 Å². The quantitative estimate of drug-likeness (QED) is 0.837. The van der Waals surface area contributed by atoms with Crippen LogP contribution in [0.2, 0.25) is 0 Å². The number of hydrogen-bond acceptors (Lipinski definition) is 2. The first-order valence-corrected chi connectivity index (χ1v) is 5.49. The van der Waals surface area contributed by atoms with Crippen LogP contribution in [-0.4, -0.2) is 20.4 Å². The average Bonchev–Trinajstić information content (AvgIpc) is 2.83. The summed E-state index contributed by atoms with van der Waals surface area (Å²) in [6, 6.07) is 3.63. The van der Waals surface area contributed by atoms with Crippen LogP contribution >= 0.6 is 0 Å². The molecule has 0 radical (unpaired) electrons. The Balaban J connectivity index is 1.99. The minimum absolute atomic E-state index is 0.0933. The van der Waals surface area contributed by atoms with Gasteiger partial charge in [-0.3, -0.25) is 4.79 Å². The lowest BCUT2D eigenvalue weighted by Crippen LogP contribution is -2.25. The highest BCUT2D eigenvalue weighted by atomic mass is 16.1. The van der Waals surface area contributed by atoms with Gasteiger partial charge in [0.1, 0.15) is 11.5 Å². The second kappa shape index (κ2) is 4.45. The van der Waals surface area contributed by atoms with Gasteiger partial charge < -0.3 is 14.9 Å². The summed E-state index contributed by atoms with van der Waals surface area (Å²) in [6.45, 7) is 4.32. The maximum absolute atomic E-state index is 11.8. The third-order valence-corrected chi connectivity index (χ3v) is 2.77. The minimum Gasteiger partial charge on any atom is -0.347 e. The van der Waals surface area contributed by atoms with E-state index in [1.165, 1.54) is 0 Å². The van der Waals surface area contributed by atoms with Crippen LogP contribution in [0.4, 0.5) is 0 Å². The molecule has 1 amide bonds. The Hall–Kier alpha value is -2.04. The third-order valence-electron chi connectivity index (χ3n) is 2.77. The van der Waals surface area contributed by atoms with Gasteiger partial charge in [-0.25, -0.2) is 4.98 Å². The number of hydrogen-bond donors (Lipinski definition) is 2. The molecular weight excluding hydrogens is 216 g/mol. The molecule has 0 aliphatic rings. The number of carbonyl (C=O) groups excluding carboxylic acids is 1. The molecule has 0 atom stereocenters. The largest absolute Gasteiger partial charge is 0.347 e. The number of nitrogens with one attached hydrogen (secondary N) is 2. The molecule has 0 bridgehead atoms. The van der Waals surface area contributed by atoms with Gasteiger partial charge in [0.25, 0.3) is 5.91 Å². The van der Waals surface area contributed by atoms with Crippen molar-refractivity contribution in [3.05, 3.63) is 41.2 Å². The average molecular weight is 232 g/mol. The fraction of sp³-hybridized carbons (Fsp3) is 0.333. The number of aromatic amines is 1. The summed E-state index contributed by atoms with van der Waals surface area (Å²) in [6.07, 6.45) is 1.84. The van der Waals surface area contributed by atoms with Gasteiger partial charge in [0.2, 0.25) is 0 Å². The molecule has 0 aliphatic heterocycles. The molecule has 0 saturated carbocycles. The van der Waals surface area contributed by atoms with Crippen molar-refractivity contribution in [1.82, 2.24) is 19.9 Å². The SMILES string of the molecule is Cc1nc(CNC(=O)c2cccn2C)[nH]c1C. The van der Waals surface area contributed by atoms with Crippen molar-refractivity contribution in [2.45, 2.75) is 20.4 Å². The summed E-state index contributed by atoms with van der Waals surface area (Å²) in [5, 5.41) is 2.83. The topological polar surface area (TPSA) is 62.7 Å². The van der Waals surface area contributed by atoms with Gasteiger partial charge in [-0.05, 0) is 26.0 Å². The molecule has 5 heteroatoms. The van der Waals surface area contributed by atoms with Gasteiger partial charge in [-0.2, -0.15) is 0 Å². The summed E-state index contributed by atoms with van der Waals surface area (Å²) < 4.78 is 1.79. The highest BCUT2D eigenvalue weighted by Crippen LogP contribution is 2.03. The van der Waals surface area contributed by atoms with Gasteiger partial charge >= 0.3 is 0 Å². The summed E-state index contributed by atoms with van der Waals surface area (Å²) in [4.78, 5) is 19.3. The number of carbonyl (C=O) groups is 1. The zero-order chi connectivity index (χ0) is 12.4. The van der Waals surface area contributed by atoms with Crippen molar-refractivity contribution in [2.75, 3.05) is 0 Å². The van der Waals surface area contributed by atoms with E-state index in [1.807, 2.05) is 33.2 Å². The van der Waals surface area contributed by atoms with E-state index >= 15 is 0 Å². The first kappa shape index (κ1) is 11.4. The van der Waals surface area contributed by atoms with Crippen LogP contribution in [0.5, 0.6) is 0 Å². The first-order chi connectivity index (χ1) is 8.08. The van der Waals surface area contributed by atoms with Gasteiger partial charge in [0, 0.05) is 18.9 Å². The second-order valence-corrected chi connectivity index (χ2v) is 4.08. The van der Waals surface area contributed by atoms with Crippen molar-refractivity contribution >= 4 is 5.91 Å². The molecular formula is C12H16N4O. The Morgan fingerprint density at radius 1 is 1.53 bits per heavy atom. The molecule has 17 heavy (non-hydrogen) atoms. The zero-order valence-electron chi connectivity index (χ0n) is 10.2. The van der Waals surface area contributed by atoms with Crippen LogP contribution in [0.1, 0.15) is 27.7 Å². The molecule has 2 heterocycles. The summed E-state index contributed by atoms with van der Waals surface area (Å²) in [7, 11) is 1.84. The Bertz CT molecular complexity index is 519. The molecule has 2 rings (SSSR count). The number of nitrogens with zero attached hydrogens (tertiary/aromatic N) is 2. The van der Waals surface area contributed by atoms with Crippen LogP contribution in [0.3, 0.4) is 0 Å². The molecule has 0 fully saturated rings. The fourth-order valence-electron chi connectivity index (χ4n) is 1.66. The van der Waals surface area contributed by atoms with Crippen molar-refractivity contribution in [3.8, 4) is 0 Å². The standard InChI is InChI=1S/C12H16N4O/c1-8-9(2)15-11(14-8)7-13-12(17)10-5-4-6-16(10)3/h4-6H,7H2,1-3H3,(H,13,17)(H,14,15). The molecule has 2 aromatic heterocycles. The number of amides is 1. The van der Waals surface area contributed by atoms with E-state index in [9.17, 15) is 4.79 Å². The minimum atomic E-state index is -0.0933. The number of imidazole rings is 1. The number of aromatic nitrogens is 3. The van der Waals surface area contributed by atoms with E-state index in [-0.39, 0.29) is 5.91 Å². The Labute approximate surface area is 99.9 Å². The predicted molar refractivity (Wildman–Crippen MR) is 64.6 cm³/mol. The van der Waals surface area contributed by atoms with E-state index < -0.39 is 0 Å².